The summed E-state index contributed by atoms with van der Waals surface area (Å²) < 4.78 is 5.28. The highest BCUT2D eigenvalue weighted by Gasteiger charge is 2.09. The van der Waals surface area contributed by atoms with Gasteiger partial charge in [-0.25, -0.2) is 0 Å². The van der Waals surface area contributed by atoms with Crippen LogP contribution < -0.4 is 5.32 Å². The monoisotopic (exact) mass is 220 g/mol. The van der Waals surface area contributed by atoms with Gasteiger partial charge in [-0.1, -0.05) is 6.92 Å². The molecule has 0 spiro atoms. The Labute approximate surface area is 91.7 Å². The van der Waals surface area contributed by atoms with Crippen LogP contribution in [0.4, 0.5) is 0 Å². The second-order valence-corrected chi connectivity index (χ2v) is 4.16. The van der Waals surface area contributed by atoms with Crippen LogP contribution in [0, 0.1) is 0 Å². The van der Waals surface area contributed by atoms with Crippen molar-refractivity contribution in [3.8, 4) is 0 Å². The maximum absolute atomic E-state index is 5.94. The van der Waals surface area contributed by atoms with Crippen LogP contribution in [0.25, 0.3) is 0 Å². The summed E-state index contributed by atoms with van der Waals surface area (Å²) in [5.74, 6) is 0. The van der Waals surface area contributed by atoms with Gasteiger partial charge in [0.15, 0.2) is 0 Å². The molecule has 0 aromatic carbocycles. The van der Waals surface area contributed by atoms with Gasteiger partial charge in [-0.15, -0.1) is 11.6 Å². The van der Waals surface area contributed by atoms with E-state index in [9.17, 15) is 0 Å². The molecule has 1 aliphatic heterocycles. The smallest absolute Gasteiger partial charge is 0.0822 e. The Morgan fingerprint density at radius 3 is 2.79 bits per heavy atom. The molecule has 84 valence electrons. The van der Waals surface area contributed by atoms with E-state index < -0.39 is 0 Å². The van der Waals surface area contributed by atoms with E-state index in [0.29, 0.717) is 0 Å². The van der Waals surface area contributed by atoms with Crippen molar-refractivity contribution in [2.75, 3.05) is 39.4 Å². The number of nitrogens with zero attached hydrogens (tertiary/aromatic N) is 1. The third kappa shape index (κ3) is 5.15. The SMILES string of the molecule is CCC(Cl)NCCCN1CCOCC1. The average molecular weight is 221 g/mol. The van der Waals surface area contributed by atoms with Crippen LogP contribution in [0.15, 0.2) is 0 Å². The van der Waals surface area contributed by atoms with Gasteiger partial charge in [-0.3, -0.25) is 4.90 Å². The standard InChI is InChI=1S/C10H21ClN2O/c1-2-10(11)12-4-3-5-13-6-8-14-9-7-13/h10,12H,2-9H2,1H3. The lowest BCUT2D eigenvalue weighted by molar-refractivity contribution is 0.0374. The molecule has 14 heavy (non-hydrogen) atoms. The van der Waals surface area contributed by atoms with Crippen molar-refractivity contribution in [2.24, 2.45) is 0 Å². The molecule has 0 aromatic heterocycles. The van der Waals surface area contributed by atoms with Crippen LogP contribution in [0.3, 0.4) is 0 Å². The molecule has 0 aliphatic carbocycles. The van der Waals surface area contributed by atoms with Gasteiger partial charge in [0.25, 0.3) is 0 Å². The molecule has 3 nitrogen and oxygen atoms in total. The van der Waals surface area contributed by atoms with Crippen LogP contribution in [-0.2, 0) is 4.74 Å². The zero-order chi connectivity index (χ0) is 10.2. The molecule has 1 unspecified atom stereocenters. The Morgan fingerprint density at radius 1 is 1.43 bits per heavy atom. The van der Waals surface area contributed by atoms with Gasteiger partial charge in [-0.2, -0.15) is 0 Å². The van der Waals surface area contributed by atoms with Gasteiger partial charge in [0.05, 0.1) is 18.7 Å². The molecule has 0 aromatic rings. The summed E-state index contributed by atoms with van der Waals surface area (Å²) in [4.78, 5) is 2.44. The van der Waals surface area contributed by atoms with Gasteiger partial charge < -0.3 is 10.1 Å². The number of hydrogen-bond acceptors (Lipinski definition) is 3. The minimum atomic E-state index is 0.139. The fourth-order valence-corrected chi connectivity index (χ4v) is 1.64. The van der Waals surface area contributed by atoms with Crippen molar-refractivity contribution in [3.63, 3.8) is 0 Å². The molecule has 4 heteroatoms. The van der Waals surface area contributed by atoms with Crippen molar-refractivity contribution >= 4 is 11.6 Å². The fraction of sp³-hybridized carbons (Fsp3) is 1.00. The highest BCUT2D eigenvalue weighted by atomic mass is 35.5. The number of alkyl halides is 1. The fourth-order valence-electron chi connectivity index (χ4n) is 1.53. The van der Waals surface area contributed by atoms with E-state index in [1.807, 2.05) is 0 Å². The molecular formula is C10H21ClN2O. The number of morpholine rings is 1. The van der Waals surface area contributed by atoms with Gasteiger partial charge in [-0.05, 0) is 25.9 Å². The summed E-state index contributed by atoms with van der Waals surface area (Å²) in [5.41, 5.74) is 0.139. The Morgan fingerprint density at radius 2 is 2.14 bits per heavy atom. The van der Waals surface area contributed by atoms with E-state index in [2.05, 4.69) is 17.1 Å². The molecule has 1 atom stereocenters. The summed E-state index contributed by atoms with van der Waals surface area (Å²) in [6.45, 7) is 8.20. The Hall–Kier alpha value is 0.170. The van der Waals surface area contributed by atoms with E-state index in [0.717, 1.165) is 45.8 Å². The van der Waals surface area contributed by atoms with Crippen LogP contribution in [0.5, 0.6) is 0 Å². The molecule has 1 aliphatic rings. The van der Waals surface area contributed by atoms with Crippen molar-refractivity contribution < 1.29 is 4.74 Å². The summed E-state index contributed by atoms with van der Waals surface area (Å²) in [6.07, 6.45) is 2.16. The maximum atomic E-state index is 5.94. The lowest BCUT2D eigenvalue weighted by atomic mass is 10.3. The number of halogens is 1. The third-order valence-corrected chi connectivity index (χ3v) is 2.94. The molecule has 0 saturated carbocycles. The molecule has 1 heterocycles. The summed E-state index contributed by atoms with van der Waals surface area (Å²) in [6, 6.07) is 0. The van der Waals surface area contributed by atoms with Gasteiger partial charge in [0.2, 0.25) is 0 Å². The molecule has 1 N–H and O–H groups in total. The predicted octanol–water partition coefficient (Wildman–Crippen LogP) is 1.27. The lowest BCUT2D eigenvalue weighted by Crippen LogP contribution is -2.38. The average Bonchev–Trinajstić information content (AvgIpc) is 2.25. The molecular weight excluding hydrogens is 200 g/mol. The first-order valence-corrected chi connectivity index (χ1v) is 5.94. The third-order valence-electron chi connectivity index (χ3n) is 2.48. The van der Waals surface area contributed by atoms with Crippen LogP contribution >= 0.6 is 11.6 Å². The Kier molecular flexibility index (Phi) is 6.52. The van der Waals surface area contributed by atoms with Gasteiger partial charge >= 0.3 is 0 Å². The first-order chi connectivity index (χ1) is 6.83. The maximum Gasteiger partial charge on any atom is 0.0822 e. The number of ether oxygens (including phenoxy) is 1. The van der Waals surface area contributed by atoms with Crippen molar-refractivity contribution in [2.45, 2.75) is 25.3 Å². The van der Waals surface area contributed by atoms with Crippen molar-refractivity contribution in [1.29, 1.82) is 0 Å². The van der Waals surface area contributed by atoms with Crippen molar-refractivity contribution in [1.82, 2.24) is 10.2 Å². The zero-order valence-electron chi connectivity index (χ0n) is 8.97. The second-order valence-electron chi connectivity index (χ2n) is 3.64. The zero-order valence-corrected chi connectivity index (χ0v) is 9.72. The van der Waals surface area contributed by atoms with E-state index in [1.165, 1.54) is 6.42 Å². The normalized spacial score (nSPS) is 21.0. The van der Waals surface area contributed by atoms with E-state index >= 15 is 0 Å². The number of nitrogens with one attached hydrogen (secondary N) is 1. The van der Waals surface area contributed by atoms with E-state index in [1.54, 1.807) is 0 Å². The topological polar surface area (TPSA) is 24.5 Å². The Bertz CT molecular complexity index is 140. The minimum Gasteiger partial charge on any atom is -0.379 e. The molecule has 1 rings (SSSR count). The highest BCUT2D eigenvalue weighted by Crippen LogP contribution is 1.99. The highest BCUT2D eigenvalue weighted by molar-refractivity contribution is 6.20. The number of rotatable bonds is 6. The summed E-state index contributed by atoms with van der Waals surface area (Å²) in [5, 5.41) is 3.28. The van der Waals surface area contributed by atoms with Gasteiger partial charge in [0.1, 0.15) is 0 Å². The summed E-state index contributed by atoms with van der Waals surface area (Å²) >= 11 is 5.94. The largest absolute Gasteiger partial charge is 0.379 e. The molecule has 0 amide bonds. The summed E-state index contributed by atoms with van der Waals surface area (Å²) in [7, 11) is 0. The van der Waals surface area contributed by atoms with Crippen LogP contribution in [-0.4, -0.2) is 49.8 Å². The second kappa shape index (κ2) is 7.46. The molecule has 0 radical (unpaired) electrons. The van der Waals surface area contributed by atoms with Crippen LogP contribution in [0.2, 0.25) is 0 Å². The lowest BCUT2D eigenvalue weighted by Gasteiger charge is -2.26. The molecule has 0 bridgehead atoms. The van der Waals surface area contributed by atoms with Crippen molar-refractivity contribution in [3.05, 3.63) is 0 Å². The van der Waals surface area contributed by atoms with Gasteiger partial charge in [0, 0.05) is 13.1 Å². The first-order valence-electron chi connectivity index (χ1n) is 5.50. The number of hydrogen-bond donors (Lipinski definition) is 1. The van der Waals surface area contributed by atoms with E-state index in [-0.39, 0.29) is 5.50 Å². The van der Waals surface area contributed by atoms with Crippen LogP contribution in [0.1, 0.15) is 19.8 Å². The Balaban J connectivity index is 1.92. The minimum absolute atomic E-state index is 0.139. The molecule has 1 fully saturated rings. The quantitative estimate of drug-likeness (QED) is 0.415. The molecule has 1 saturated heterocycles. The predicted molar refractivity (Wildman–Crippen MR) is 59.8 cm³/mol. The first kappa shape index (κ1) is 12.2. The van der Waals surface area contributed by atoms with E-state index in [4.69, 9.17) is 16.3 Å².